The number of halogens is 1. The lowest BCUT2D eigenvalue weighted by atomic mass is 9.82. The monoisotopic (exact) mass is 265 g/mol. The third-order valence-corrected chi connectivity index (χ3v) is 4.50. The first-order valence-corrected chi connectivity index (χ1v) is 6.88. The quantitative estimate of drug-likeness (QED) is 0.893. The van der Waals surface area contributed by atoms with Gasteiger partial charge in [0.2, 0.25) is 0 Å². The molecule has 90 valence electrons. The van der Waals surface area contributed by atoms with E-state index in [1.54, 1.807) is 11.3 Å². The molecule has 2 aromatic rings. The standard InChI is InChI=1S/C14H16ClNS/c1-14(10-16,13-3-2-8-17-13)9-11-4-6-12(15)7-5-11/h2-8H,9-10,16H2,1H3. The van der Waals surface area contributed by atoms with Crippen molar-refractivity contribution < 1.29 is 0 Å². The Morgan fingerprint density at radius 1 is 1.24 bits per heavy atom. The number of rotatable bonds is 4. The van der Waals surface area contributed by atoms with Gasteiger partial charge in [-0.3, -0.25) is 0 Å². The van der Waals surface area contributed by atoms with Crippen molar-refractivity contribution in [2.75, 3.05) is 6.54 Å². The van der Waals surface area contributed by atoms with E-state index in [9.17, 15) is 0 Å². The van der Waals surface area contributed by atoms with Crippen LogP contribution in [0.3, 0.4) is 0 Å². The fourth-order valence-electron chi connectivity index (χ4n) is 1.93. The highest BCUT2D eigenvalue weighted by molar-refractivity contribution is 7.10. The zero-order chi connectivity index (χ0) is 12.3. The smallest absolute Gasteiger partial charge is 0.0406 e. The fraction of sp³-hybridized carbons (Fsp3) is 0.286. The van der Waals surface area contributed by atoms with Crippen LogP contribution in [0, 0.1) is 0 Å². The van der Waals surface area contributed by atoms with Crippen molar-refractivity contribution in [1.29, 1.82) is 0 Å². The molecule has 0 saturated carbocycles. The summed E-state index contributed by atoms with van der Waals surface area (Å²) in [5.41, 5.74) is 7.25. The highest BCUT2D eigenvalue weighted by atomic mass is 35.5. The Bertz CT molecular complexity index is 463. The summed E-state index contributed by atoms with van der Waals surface area (Å²) in [6.07, 6.45) is 0.946. The molecule has 0 amide bonds. The molecule has 0 aliphatic carbocycles. The Morgan fingerprint density at radius 2 is 1.94 bits per heavy atom. The third-order valence-electron chi connectivity index (χ3n) is 3.07. The lowest BCUT2D eigenvalue weighted by molar-refractivity contribution is 0.491. The van der Waals surface area contributed by atoms with Crippen LogP contribution in [0.1, 0.15) is 17.4 Å². The van der Waals surface area contributed by atoms with E-state index in [1.165, 1.54) is 10.4 Å². The van der Waals surface area contributed by atoms with Gasteiger partial charge in [0.15, 0.2) is 0 Å². The lowest BCUT2D eigenvalue weighted by Gasteiger charge is -2.27. The maximum Gasteiger partial charge on any atom is 0.0406 e. The van der Waals surface area contributed by atoms with E-state index in [0.29, 0.717) is 6.54 Å². The summed E-state index contributed by atoms with van der Waals surface area (Å²) in [6.45, 7) is 2.86. The van der Waals surface area contributed by atoms with Gasteiger partial charge in [0.05, 0.1) is 0 Å². The predicted molar refractivity (Wildman–Crippen MR) is 75.9 cm³/mol. The molecule has 0 saturated heterocycles. The Labute approximate surface area is 111 Å². The summed E-state index contributed by atoms with van der Waals surface area (Å²) in [6, 6.07) is 12.3. The van der Waals surface area contributed by atoms with Crippen LogP contribution in [0.15, 0.2) is 41.8 Å². The molecule has 0 bridgehead atoms. The van der Waals surface area contributed by atoms with E-state index >= 15 is 0 Å². The third kappa shape index (κ3) is 2.89. The van der Waals surface area contributed by atoms with Crippen molar-refractivity contribution in [2.24, 2.45) is 5.73 Å². The molecule has 3 heteroatoms. The maximum absolute atomic E-state index is 5.96. The second kappa shape index (κ2) is 5.21. The summed E-state index contributed by atoms with van der Waals surface area (Å²) >= 11 is 7.66. The van der Waals surface area contributed by atoms with Crippen molar-refractivity contribution in [3.63, 3.8) is 0 Å². The molecular formula is C14H16ClNS. The largest absolute Gasteiger partial charge is 0.330 e. The van der Waals surface area contributed by atoms with Gasteiger partial charge in [-0.15, -0.1) is 11.3 Å². The highest BCUT2D eigenvalue weighted by Crippen LogP contribution is 2.31. The zero-order valence-corrected chi connectivity index (χ0v) is 11.4. The summed E-state index contributed by atoms with van der Waals surface area (Å²) in [5, 5.41) is 2.88. The molecule has 0 radical (unpaired) electrons. The normalized spacial score (nSPS) is 14.5. The van der Waals surface area contributed by atoms with E-state index in [-0.39, 0.29) is 5.41 Å². The van der Waals surface area contributed by atoms with Gasteiger partial charge in [-0.05, 0) is 35.6 Å². The molecule has 17 heavy (non-hydrogen) atoms. The van der Waals surface area contributed by atoms with E-state index in [0.717, 1.165) is 11.4 Å². The second-order valence-electron chi connectivity index (χ2n) is 4.55. The topological polar surface area (TPSA) is 26.0 Å². The minimum absolute atomic E-state index is 0.0159. The van der Waals surface area contributed by atoms with Crippen LogP contribution in [-0.4, -0.2) is 6.54 Å². The molecule has 2 N–H and O–H groups in total. The zero-order valence-electron chi connectivity index (χ0n) is 9.82. The average Bonchev–Trinajstić information content (AvgIpc) is 2.86. The first-order chi connectivity index (χ1) is 8.14. The molecule has 1 aromatic carbocycles. The minimum Gasteiger partial charge on any atom is -0.330 e. The van der Waals surface area contributed by atoms with Gasteiger partial charge in [-0.2, -0.15) is 0 Å². The molecule has 1 unspecified atom stereocenters. The lowest BCUT2D eigenvalue weighted by Crippen LogP contribution is -2.33. The summed E-state index contributed by atoms with van der Waals surface area (Å²) < 4.78 is 0. The van der Waals surface area contributed by atoms with Crippen LogP contribution < -0.4 is 5.73 Å². The van der Waals surface area contributed by atoms with Crippen LogP contribution in [0.5, 0.6) is 0 Å². The first-order valence-electron chi connectivity index (χ1n) is 5.62. The molecule has 1 heterocycles. The van der Waals surface area contributed by atoms with Crippen LogP contribution >= 0.6 is 22.9 Å². The number of thiophene rings is 1. The molecule has 2 rings (SSSR count). The Balaban J connectivity index is 2.23. The van der Waals surface area contributed by atoms with E-state index in [2.05, 4.69) is 36.6 Å². The minimum atomic E-state index is 0.0159. The molecule has 1 nitrogen and oxygen atoms in total. The van der Waals surface area contributed by atoms with Gasteiger partial charge in [0.1, 0.15) is 0 Å². The number of nitrogens with two attached hydrogens (primary N) is 1. The molecule has 0 aliphatic rings. The second-order valence-corrected chi connectivity index (χ2v) is 5.93. The van der Waals surface area contributed by atoms with Gasteiger partial charge in [-0.1, -0.05) is 36.7 Å². The van der Waals surface area contributed by atoms with Crippen molar-refractivity contribution in [3.8, 4) is 0 Å². The Morgan fingerprint density at radius 3 is 2.47 bits per heavy atom. The van der Waals surface area contributed by atoms with Crippen molar-refractivity contribution in [2.45, 2.75) is 18.8 Å². The molecule has 0 aliphatic heterocycles. The van der Waals surface area contributed by atoms with E-state index in [1.807, 2.05) is 12.1 Å². The molecular weight excluding hydrogens is 250 g/mol. The average molecular weight is 266 g/mol. The van der Waals surface area contributed by atoms with Gasteiger partial charge in [-0.25, -0.2) is 0 Å². The number of benzene rings is 1. The van der Waals surface area contributed by atoms with Crippen molar-refractivity contribution >= 4 is 22.9 Å². The number of hydrogen-bond donors (Lipinski definition) is 1. The predicted octanol–water partition coefficient (Wildman–Crippen LogP) is 3.86. The molecule has 1 atom stereocenters. The van der Waals surface area contributed by atoms with Gasteiger partial charge < -0.3 is 5.73 Å². The van der Waals surface area contributed by atoms with Crippen LogP contribution in [0.4, 0.5) is 0 Å². The van der Waals surface area contributed by atoms with E-state index < -0.39 is 0 Å². The molecule has 1 aromatic heterocycles. The van der Waals surface area contributed by atoms with Crippen LogP contribution in [-0.2, 0) is 11.8 Å². The molecule has 0 fully saturated rings. The van der Waals surface area contributed by atoms with Gasteiger partial charge in [0.25, 0.3) is 0 Å². The summed E-state index contributed by atoms with van der Waals surface area (Å²) in [7, 11) is 0. The van der Waals surface area contributed by atoms with Crippen LogP contribution in [0.25, 0.3) is 0 Å². The SMILES string of the molecule is CC(CN)(Cc1ccc(Cl)cc1)c1cccs1. The van der Waals surface area contributed by atoms with Crippen molar-refractivity contribution in [3.05, 3.63) is 57.2 Å². The van der Waals surface area contributed by atoms with Crippen LogP contribution in [0.2, 0.25) is 5.02 Å². The Hall–Kier alpha value is -0.830. The fourth-order valence-corrected chi connectivity index (χ4v) is 2.96. The maximum atomic E-state index is 5.96. The highest BCUT2D eigenvalue weighted by Gasteiger charge is 2.26. The first kappa shape index (κ1) is 12.6. The summed E-state index contributed by atoms with van der Waals surface area (Å²) in [5.74, 6) is 0. The van der Waals surface area contributed by atoms with Crippen molar-refractivity contribution in [1.82, 2.24) is 0 Å². The number of hydrogen-bond acceptors (Lipinski definition) is 2. The van der Waals surface area contributed by atoms with E-state index in [4.69, 9.17) is 17.3 Å². The summed E-state index contributed by atoms with van der Waals surface area (Å²) in [4.78, 5) is 1.34. The van der Waals surface area contributed by atoms with Gasteiger partial charge >= 0.3 is 0 Å². The van der Waals surface area contributed by atoms with Gasteiger partial charge in [0, 0.05) is 21.9 Å². The Kier molecular flexibility index (Phi) is 3.87. The molecule has 0 spiro atoms.